The molecule has 0 spiro atoms. The van der Waals surface area contributed by atoms with Crippen LogP contribution in [0.5, 0.6) is 0 Å². The summed E-state index contributed by atoms with van der Waals surface area (Å²) in [5.41, 5.74) is 0.905. The molecule has 0 aromatic carbocycles. The molecule has 0 aliphatic rings. The minimum atomic E-state index is -0.472. The second-order valence-corrected chi connectivity index (χ2v) is 3.67. The van der Waals surface area contributed by atoms with E-state index in [1.165, 1.54) is 0 Å². The fraction of sp³-hybridized carbons (Fsp3) is 0.400. The van der Waals surface area contributed by atoms with Crippen LogP contribution in [0.3, 0.4) is 0 Å². The molecule has 0 fully saturated rings. The van der Waals surface area contributed by atoms with Gasteiger partial charge in [0.05, 0.1) is 24.5 Å². The average molecular weight is 221 g/mol. The first-order valence-corrected chi connectivity index (χ1v) is 5.12. The van der Waals surface area contributed by atoms with Crippen molar-refractivity contribution < 1.29 is 5.11 Å². The van der Waals surface area contributed by atoms with Crippen LogP contribution in [0.1, 0.15) is 0 Å². The maximum absolute atomic E-state index is 9.74. The topological polar surface area (TPSA) is 67.9 Å². The predicted octanol–water partition coefficient (Wildman–Crippen LogP) is 0.0896. The van der Waals surface area contributed by atoms with E-state index in [0.29, 0.717) is 13.1 Å². The van der Waals surface area contributed by atoms with Crippen molar-refractivity contribution >= 4 is 5.69 Å². The summed E-state index contributed by atoms with van der Waals surface area (Å²) in [5, 5.41) is 20.9. The molecule has 2 aromatic rings. The zero-order valence-corrected chi connectivity index (χ0v) is 9.11. The first kappa shape index (κ1) is 10.7. The van der Waals surface area contributed by atoms with Gasteiger partial charge in [0.2, 0.25) is 0 Å². The fourth-order valence-corrected chi connectivity index (χ4v) is 1.44. The highest BCUT2D eigenvalue weighted by molar-refractivity contribution is 5.37. The van der Waals surface area contributed by atoms with E-state index in [0.717, 1.165) is 5.69 Å². The van der Waals surface area contributed by atoms with Gasteiger partial charge in [0, 0.05) is 32.2 Å². The second-order valence-electron chi connectivity index (χ2n) is 3.67. The van der Waals surface area contributed by atoms with Crippen molar-refractivity contribution in [3.8, 4) is 0 Å². The molecule has 1 unspecified atom stereocenters. The van der Waals surface area contributed by atoms with Crippen molar-refractivity contribution in [1.82, 2.24) is 19.6 Å². The molecule has 0 aliphatic carbocycles. The zero-order chi connectivity index (χ0) is 11.4. The smallest absolute Gasteiger partial charge is 0.0907 e. The molecular formula is C10H15N5O. The zero-order valence-electron chi connectivity index (χ0n) is 9.11. The maximum Gasteiger partial charge on any atom is 0.0907 e. The fourth-order valence-electron chi connectivity index (χ4n) is 1.44. The summed E-state index contributed by atoms with van der Waals surface area (Å²) in [6.45, 7) is 0.964. The third-order valence-electron chi connectivity index (χ3n) is 2.20. The van der Waals surface area contributed by atoms with Crippen LogP contribution < -0.4 is 5.32 Å². The lowest BCUT2D eigenvalue weighted by molar-refractivity contribution is 0.161. The average Bonchev–Trinajstić information content (AvgIpc) is 2.87. The lowest BCUT2D eigenvalue weighted by atomic mass is 10.3. The van der Waals surface area contributed by atoms with Crippen LogP contribution in [-0.2, 0) is 13.6 Å². The minimum absolute atomic E-state index is 0.472. The number of hydrogen-bond donors (Lipinski definition) is 2. The SMILES string of the molecule is Cn1cc(NCC(O)Cn2cccn2)cn1. The molecule has 2 aromatic heterocycles. The molecule has 2 rings (SSSR count). The Morgan fingerprint density at radius 1 is 1.50 bits per heavy atom. The van der Waals surface area contributed by atoms with E-state index < -0.39 is 6.10 Å². The molecule has 86 valence electrons. The summed E-state index contributed by atoms with van der Waals surface area (Å²) < 4.78 is 3.41. The Hall–Kier alpha value is -1.82. The van der Waals surface area contributed by atoms with Crippen LogP contribution in [0.15, 0.2) is 30.9 Å². The van der Waals surface area contributed by atoms with Crippen LogP contribution in [0.4, 0.5) is 5.69 Å². The van der Waals surface area contributed by atoms with E-state index in [4.69, 9.17) is 0 Å². The van der Waals surface area contributed by atoms with Gasteiger partial charge in [-0.25, -0.2) is 0 Å². The normalized spacial score (nSPS) is 12.6. The summed E-state index contributed by atoms with van der Waals surface area (Å²) in [6, 6.07) is 1.83. The van der Waals surface area contributed by atoms with Gasteiger partial charge >= 0.3 is 0 Å². The molecule has 0 aliphatic heterocycles. The third kappa shape index (κ3) is 2.83. The van der Waals surface area contributed by atoms with E-state index in [-0.39, 0.29) is 0 Å². The molecule has 16 heavy (non-hydrogen) atoms. The lowest BCUT2D eigenvalue weighted by Crippen LogP contribution is -2.25. The van der Waals surface area contributed by atoms with Crippen LogP contribution in [0.25, 0.3) is 0 Å². The van der Waals surface area contributed by atoms with Crippen LogP contribution in [0.2, 0.25) is 0 Å². The quantitative estimate of drug-likeness (QED) is 0.751. The number of aromatic nitrogens is 4. The number of hydrogen-bond acceptors (Lipinski definition) is 4. The van der Waals surface area contributed by atoms with Gasteiger partial charge in [-0.3, -0.25) is 9.36 Å². The molecular weight excluding hydrogens is 206 g/mol. The van der Waals surface area contributed by atoms with Gasteiger partial charge in [-0.2, -0.15) is 10.2 Å². The number of anilines is 1. The van der Waals surface area contributed by atoms with E-state index in [1.54, 1.807) is 21.8 Å². The standard InChI is InChI=1S/C10H15N5O/c1-14-7-9(5-13-14)11-6-10(16)8-15-4-2-3-12-15/h2-5,7,10-11,16H,6,8H2,1H3. The van der Waals surface area contributed by atoms with Crippen molar-refractivity contribution in [2.75, 3.05) is 11.9 Å². The maximum atomic E-state index is 9.74. The van der Waals surface area contributed by atoms with Gasteiger partial charge < -0.3 is 10.4 Å². The summed E-state index contributed by atoms with van der Waals surface area (Å²) in [5.74, 6) is 0. The van der Waals surface area contributed by atoms with Crippen LogP contribution in [0, 0.1) is 0 Å². The van der Waals surface area contributed by atoms with Gasteiger partial charge in [-0.05, 0) is 6.07 Å². The predicted molar refractivity (Wildman–Crippen MR) is 59.9 cm³/mol. The van der Waals surface area contributed by atoms with Crippen molar-refractivity contribution in [3.63, 3.8) is 0 Å². The second kappa shape index (κ2) is 4.80. The van der Waals surface area contributed by atoms with Crippen LogP contribution in [-0.4, -0.2) is 37.3 Å². The van der Waals surface area contributed by atoms with Gasteiger partial charge in [-0.15, -0.1) is 0 Å². The highest BCUT2D eigenvalue weighted by atomic mass is 16.3. The third-order valence-corrected chi connectivity index (χ3v) is 2.20. The number of aliphatic hydroxyl groups is 1. The Balaban J connectivity index is 1.77. The molecule has 0 bridgehead atoms. The molecule has 6 nitrogen and oxygen atoms in total. The van der Waals surface area contributed by atoms with Gasteiger partial charge in [-0.1, -0.05) is 0 Å². The van der Waals surface area contributed by atoms with Gasteiger partial charge in [0.25, 0.3) is 0 Å². The Morgan fingerprint density at radius 2 is 2.38 bits per heavy atom. The Kier molecular flexibility index (Phi) is 3.21. The Labute approximate surface area is 93.5 Å². The summed E-state index contributed by atoms with van der Waals surface area (Å²) in [6.07, 6.45) is 6.63. The van der Waals surface area contributed by atoms with Crippen molar-refractivity contribution in [3.05, 3.63) is 30.9 Å². The first-order valence-electron chi connectivity index (χ1n) is 5.12. The highest BCUT2D eigenvalue weighted by Crippen LogP contribution is 2.03. The Bertz CT molecular complexity index is 422. The molecule has 2 N–H and O–H groups in total. The highest BCUT2D eigenvalue weighted by Gasteiger charge is 2.05. The molecule has 6 heteroatoms. The molecule has 0 saturated carbocycles. The molecule has 0 amide bonds. The first-order chi connectivity index (χ1) is 7.74. The molecule has 0 saturated heterocycles. The summed E-state index contributed by atoms with van der Waals surface area (Å²) in [7, 11) is 1.85. The minimum Gasteiger partial charge on any atom is -0.389 e. The number of nitrogens with zero attached hydrogens (tertiary/aromatic N) is 4. The van der Waals surface area contributed by atoms with Gasteiger partial charge in [0.15, 0.2) is 0 Å². The largest absolute Gasteiger partial charge is 0.389 e. The van der Waals surface area contributed by atoms with E-state index in [1.807, 2.05) is 25.5 Å². The number of aryl methyl sites for hydroxylation is 1. The molecule has 2 heterocycles. The number of aliphatic hydroxyl groups excluding tert-OH is 1. The van der Waals surface area contributed by atoms with Crippen molar-refractivity contribution in [2.24, 2.45) is 7.05 Å². The van der Waals surface area contributed by atoms with E-state index >= 15 is 0 Å². The van der Waals surface area contributed by atoms with Crippen molar-refractivity contribution in [2.45, 2.75) is 12.6 Å². The monoisotopic (exact) mass is 221 g/mol. The lowest BCUT2D eigenvalue weighted by Gasteiger charge is -2.11. The van der Waals surface area contributed by atoms with Gasteiger partial charge in [0.1, 0.15) is 0 Å². The summed E-state index contributed by atoms with van der Waals surface area (Å²) in [4.78, 5) is 0. The number of rotatable bonds is 5. The number of nitrogens with one attached hydrogen (secondary N) is 1. The van der Waals surface area contributed by atoms with E-state index in [9.17, 15) is 5.11 Å². The van der Waals surface area contributed by atoms with Crippen LogP contribution >= 0.6 is 0 Å². The van der Waals surface area contributed by atoms with Crippen molar-refractivity contribution in [1.29, 1.82) is 0 Å². The molecule has 1 atom stereocenters. The Morgan fingerprint density at radius 3 is 3.00 bits per heavy atom. The van der Waals surface area contributed by atoms with E-state index in [2.05, 4.69) is 15.5 Å². The summed E-state index contributed by atoms with van der Waals surface area (Å²) >= 11 is 0. The molecule has 0 radical (unpaired) electrons.